The average Bonchev–Trinajstić information content (AvgIpc) is 1.88. The maximum absolute atomic E-state index is 5.71. The zero-order valence-electron chi connectivity index (χ0n) is 4.76. The van der Waals surface area contributed by atoms with Gasteiger partial charge in [0.25, 0.3) is 0 Å². The first kappa shape index (κ1) is 7.37. The van der Waals surface area contributed by atoms with Gasteiger partial charge in [0.2, 0.25) is 0 Å². The van der Waals surface area contributed by atoms with Crippen LogP contribution in [0.5, 0.6) is 0 Å². The summed E-state index contributed by atoms with van der Waals surface area (Å²) in [4.78, 5) is 0. The van der Waals surface area contributed by atoms with Crippen LogP contribution in [0.3, 0.4) is 0 Å². The van der Waals surface area contributed by atoms with Crippen LogP contribution in [0.25, 0.3) is 0 Å². The van der Waals surface area contributed by atoms with Crippen LogP contribution in [0, 0.1) is 0 Å². The molecule has 0 radical (unpaired) electrons. The van der Waals surface area contributed by atoms with Gasteiger partial charge in [-0.3, -0.25) is 0 Å². The van der Waals surface area contributed by atoms with Gasteiger partial charge in [-0.25, -0.2) is 0 Å². The Balaban J connectivity index is 3.07. The summed E-state index contributed by atoms with van der Waals surface area (Å²) in [5.41, 5.74) is 1.21. The van der Waals surface area contributed by atoms with Crippen molar-refractivity contribution in [1.82, 2.24) is 0 Å². The molecule has 0 nitrogen and oxygen atoms in total. The van der Waals surface area contributed by atoms with Crippen LogP contribution in [-0.4, -0.2) is 3.71 Å². The first-order valence-electron chi connectivity index (χ1n) is 2.59. The van der Waals surface area contributed by atoms with Gasteiger partial charge in [-0.05, 0) is 0 Å². The summed E-state index contributed by atoms with van der Waals surface area (Å²) in [7, 11) is 0. The molecule has 2 heteroatoms. The summed E-state index contributed by atoms with van der Waals surface area (Å²) >= 11 is 7.12. The summed E-state index contributed by atoms with van der Waals surface area (Å²) in [6, 6.07) is 7.83. The fourth-order valence-corrected chi connectivity index (χ4v) is 1.24. The normalized spacial score (nSPS) is 9.22. The third-order valence-electron chi connectivity index (χ3n) is 1.02. The Morgan fingerprint density at radius 1 is 1.44 bits per heavy atom. The van der Waals surface area contributed by atoms with Crippen LogP contribution >= 0.6 is 11.6 Å². The van der Waals surface area contributed by atoms with Gasteiger partial charge in [0.05, 0.1) is 0 Å². The number of halogens is 1. The molecule has 0 atom stereocenters. The second kappa shape index (κ2) is 3.44. The SMILES string of the molecule is Clc1cccc([CH]=[Zr+2])c1. The van der Waals surface area contributed by atoms with Crippen molar-refractivity contribution in [2.45, 2.75) is 0 Å². The molecule has 1 aromatic carbocycles. The maximum atomic E-state index is 5.71. The van der Waals surface area contributed by atoms with Crippen LogP contribution in [0.2, 0.25) is 5.02 Å². The first-order valence-corrected chi connectivity index (χ1v) is 4.38. The van der Waals surface area contributed by atoms with Gasteiger partial charge < -0.3 is 0 Å². The molecule has 1 rings (SSSR count). The van der Waals surface area contributed by atoms with Crippen LogP contribution in [0.15, 0.2) is 24.3 Å². The molecule has 0 bridgehead atoms. The summed E-state index contributed by atoms with van der Waals surface area (Å²) in [6.45, 7) is 0. The Morgan fingerprint density at radius 3 is 2.67 bits per heavy atom. The standard InChI is InChI=1S/C7H5Cl.Zr/c1-6-3-2-4-7(8)5-6;/h1-5H;/q;+2. The molecule has 0 spiro atoms. The van der Waals surface area contributed by atoms with E-state index in [-0.39, 0.29) is 0 Å². The molecule has 0 aromatic heterocycles. The molecule has 42 valence electrons. The van der Waals surface area contributed by atoms with Gasteiger partial charge in [0, 0.05) is 0 Å². The van der Waals surface area contributed by atoms with Crippen molar-refractivity contribution in [2.75, 3.05) is 0 Å². The number of benzene rings is 1. The van der Waals surface area contributed by atoms with Crippen LogP contribution in [0.1, 0.15) is 5.56 Å². The molecule has 0 fully saturated rings. The van der Waals surface area contributed by atoms with Gasteiger partial charge in [0.1, 0.15) is 0 Å². The van der Waals surface area contributed by atoms with Crippen molar-refractivity contribution in [1.29, 1.82) is 0 Å². The van der Waals surface area contributed by atoms with Crippen molar-refractivity contribution in [3.05, 3.63) is 34.9 Å². The van der Waals surface area contributed by atoms with Gasteiger partial charge in [-0.2, -0.15) is 0 Å². The minimum absolute atomic E-state index is 0.811. The zero-order chi connectivity index (χ0) is 6.69. The van der Waals surface area contributed by atoms with E-state index in [0.717, 1.165) is 5.02 Å². The summed E-state index contributed by atoms with van der Waals surface area (Å²) in [5.74, 6) is 0. The number of hydrogen-bond donors (Lipinski definition) is 0. The third-order valence-corrected chi connectivity index (χ3v) is 2.07. The average molecular weight is 216 g/mol. The number of hydrogen-bond acceptors (Lipinski definition) is 0. The molecule has 0 N–H and O–H groups in total. The topological polar surface area (TPSA) is 0 Å². The Morgan fingerprint density at radius 2 is 2.22 bits per heavy atom. The van der Waals surface area contributed by atoms with E-state index in [1.165, 1.54) is 29.8 Å². The Labute approximate surface area is 74.2 Å². The van der Waals surface area contributed by atoms with Crippen molar-refractivity contribution in [2.24, 2.45) is 0 Å². The number of rotatable bonds is 1. The van der Waals surface area contributed by atoms with E-state index in [1.54, 1.807) is 0 Å². The molecule has 0 aliphatic heterocycles. The molecule has 0 aliphatic carbocycles. The molecule has 9 heavy (non-hydrogen) atoms. The monoisotopic (exact) mass is 214 g/mol. The predicted octanol–water partition coefficient (Wildman–Crippen LogP) is 2.04. The van der Waals surface area contributed by atoms with Crippen LogP contribution in [-0.2, 0) is 24.2 Å². The van der Waals surface area contributed by atoms with Crippen molar-refractivity contribution >= 4 is 15.3 Å². The Bertz CT molecular complexity index is 220. The molecule has 0 heterocycles. The molecular weight excluding hydrogens is 211 g/mol. The quantitative estimate of drug-likeness (QED) is 0.673. The van der Waals surface area contributed by atoms with Crippen molar-refractivity contribution in [3.8, 4) is 0 Å². The fourth-order valence-electron chi connectivity index (χ4n) is 0.596. The van der Waals surface area contributed by atoms with E-state index in [0.29, 0.717) is 0 Å². The van der Waals surface area contributed by atoms with Crippen LogP contribution in [0.4, 0.5) is 0 Å². The van der Waals surface area contributed by atoms with Gasteiger partial charge in [0.15, 0.2) is 0 Å². The van der Waals surface area contributed by atoms with Gasteiger partial charge in [-0.15, -0.1) is 0 Å². The molecule has 0 saturated carbocycles. The van der Waals surface area contributed by atoms with E-state index in [1.807, 2.05) is 24.3 Å². The van der Waals surface area contributed by atoms with E-state index in [4.69, 9.17) is 11.6 Å². The summed E-state index contributed by atoms with van der Waals surface area (Å²) < 4.78 is 2.11. The Hall–Kier alpha value is 0.263. The van der Waals surface area contributed by atoms with Crippen molar-refractivity contribution in [3.63, 3.8) is 0 Å². The second-order valence-electron chi connectivity index (χ2n) is 1.70. The molecule has 0 amide bonds. The molecular formula is C7H5ClZr+2. The van der Waals surface area contributed by atoms with Gasteiger partial charge in [-0.1, -0.05) is 0 Å². The molecule has 0 unspecified atom stereocenters. The van der Waals surface area contributed by atoms with E-state index in [9.17, 15) is 0 Å². The molecule has 0 saturated heterocycles. The van der Waals surface area contributed by atoms with Crippen molar-refractivity contribution < 1.29 is 24.2 Å². The zero-order valence-corrected chi connectivity index (χ0v) is 7.98. The predicted molar refractivity (Wildman–Crippen MR) is 36.6 cm³/mol. The minimum atomic E-state index is 0.811. The Kier molecular flexibility index (Phi) is 2.81. The summed E-state index contributed by atoms with van der Waals surface area (Å²) in [5, 5.41) is 0.811. The van der Waals surface area contributed by atoms with E-state index in [2.05, 4.69) is 3.71 Å². The van der Waals surface area contributed by atoms with Gasteiger partial charge >= 0.3 is 74.4 Å². The molecule has 0 aliphatic rings. The third kappa shape index (κ3) is 2.16. The van der Waals surface area contributed by atoms with E-state index < -0.39 is 0 Å². The second-order valence-corrected chi connectivity index (χ2v) is 2.85. The molecule has 1 aromatic rings. The van der Waals surface area contributed by atoms with E-state index >= 15 is 0 Å². The van der Waals surface area contributed by atoms with Crippen LogP contribution < -0.4 is 0 Å². The fraction of sp³-hybridized carbons (Fsp3) is 0. The summed E-state index contributed by atoms with van der Waals surface area (Å²) in [6.07, 6.45) is 0. The first-order chi connectivity index (χ1) is 4.33.